The Bertz CT molecular complexity index is 1800. The molecule has 0 spiro atoms. The number of hydrogen-bond donors (Lipinski definition) is 1. The number of imide groups is 1. The monoisotopic (exact) mass is 598 g/mol. The predicted octanol–water partition coefficient (Wildman–Crippen LogP) is 6.14. The van der Waals surface area contributed by atoms with Gasteiger partial charge < -0.3 is 9.72 Å². The molecule has 2 aliphatic heterocycles. The maximum Gasteiger partial charge on any atom is 0.305 e. The second-order valence-corrected chi connectivity index (χ2v) is 14.0. The van der Waals surface area contributed by atoms with Crippen molar-refractivity contribution < 1.29 is 18.7 Å². The Hall–Kier alpha value is -3.69. The van der Waals surface area contributed by atoms with Crippen molar-refractivity contribution in [2.75, 3.05) is 4.90 Å². The third-order valence-corrected chi connectivity index (χ3v) is 12.1. The number of nitrogens with one attached hydrogen (secondary N) is 1. The number of rotatable bonds is 5. The van der Waals surface area contributed by atoms with Crippen LogP contribution in [0.5, 0.6) is 5.75 Å². The van der Waals surface area contributed by atoms with Crippen molar-refractivity contribution in [2.24, 2.45) is 29.6 Å². The highest BCUT2D eigenvalue weighted by Crippen LogP contribution is 2.69. The number of carbonyl (C=O) groups is 2. The fourth-order valence-corrected chi connectivity index (χ4v) is 10.9. The lowest BCUT2D eigenvalue weighted by molar-refractivity contribution is -0.123. The van der Waals surface area contributed by atoms with Crippen molar-refractivity contribution in [3.05, 3.63) is 110 Å². The van der Waals surface area contributed by atoms with Gasteiger partial charge in [-0.15, -0.1) is 11.8 Å². The Morgan fingerprint density at radius 3 is 2.50 bits per heavy atom. The summed E-state index contributed by atoms with van der Waals surface area (Å²) in [6.45, 7) is 2.47. The smallest absolute Gasteiger partial charge is 0.305 e. The number of aryl methyl sites for hydroxylation is 1. The van der Waals surface area contributed by atoms with Crippen LogP contribution in [0.1, 0.15) is 33.9 Å². The predicted molar refractivity (Wildman–Crippen MR) is 159 cm³/mol. The summed E-state index contributed by atoms with van der Waals surface area (Å²) in [6, 6.07) is 21.8. The first-order chi connectivity index (χ1) is 20.4. The molecular formula is C33H27FN2O4S2. The zero-order chi connectivity index (χ0) is 28.7. The molecule has 1 aromatic heterocycles. The molecule has 1 saturated heterocycles. The first kappa shape index (κ1) is 26.0. The lowest BCUT2D eigenvalue weighted by Gasteiger charge is -2.43. The van der Waals surface area contributed by atoms with Crippen LogP contribution in [0, 0.1) is 42.3 Å². The van der Waals surface area contributed by atoms with E-state index in [1.807, 2.05) is 30.3 Å². The normalized spacial score (nSPS) is 29.0. The van der Waals surface area contributed by atoms with E-state index in [1.165, 1.54) is 46.1 Å². The summed E-state index contributed by atoms with van der Waals surface area (Å²) in [4.78, 5) is 45.6. The quantitative estimate of drug-likeness (QED) is 0.279. The van der Waals surface area contributed by atoms with Crippen LogP contribution < -0.4 is 14.5 Å². The molecule has 6 nitrogen and oxygen atoms in total. The molecular weight excluding hydrogens is 572 g/mol. The van der Waals surface area contributed by atoms with Crippen molar-refractivity contribution >= 4 is 40.6 Å². The molecule has 3 aromatic carbocycles. The average molecular weight is 599 g/mol. The number of benzene rings is 3. The van der Waals surface area contributed by atoms with Crippen LogP contribution in [0.15, 0.2) is 82.6 Å². The highest BCUT2D eigenvalue weighted by atomic mass is 32.2. The van der Waals surface area contributed by atoms with Crippen molar-refractivity contribution in [1.29, 1.82) is 0 Å². The van der Waals surface area contributed by atoms with Crippen LogP contribution >= 0.6 is 23.1 Å². The Balaban J connectivity index is 1.18. The summed E-state index contributed by atoms with van der Waals surface area (Å²) in [5.41, 5.74) is 3.67. The standard InChI is InChI=1S/C33H27FN2O4S2/c1-16-5-4-6-17(13-16)15-40-23-8-3-2-7-20(23)24-25-21-14-22(28(25)41-30-29(24)42-33(39)35-30)27-26(21)31(37)36(32(27)38)19-11-9-18(34)10-12-19/h2-13,21-22,24-28H,14-15H2,1H3,(H,35,39)/t21-,22-,24?,25?,26?,27?,28?/m1/s1. The number of carbonyl (C=O) groups excluding carboxylic acids is 2. The number of thioether (sulfide) groups is 1. The van der Waals surface area contributed by atoms with Gasteiger partial charge in [0, 0.05) is 21.6 Å². The van der Waals surface area contributed by atoms with Gasteiger partial charge in [0.2, 0.25) is 11.8 Å². The second-order valence-electron chi connectivity index (χ2n) is 11.8. The Labute approximate surface area is 249 Å². The summed E-state index contributed by atoms with van der Waals surface area (Å²) in [7, 11) is 0. The van der Waals surface area contributed by atoms with Gasteiger partial charge in [-0.3, -0.25) is 19.3 Å². The number of anilines is 1. The molecule has 7 atom stereocenters. The second kappa shape index (κ2) is 9.67. The number of fused-ring (bicyclic) bond motifs is 9. The summed E-state index contributed by atoms with van der Waals surface area (Å²) in [5, 5.41) is 0.940. The van der Waals surface area contributed by atoms with E-state index in [9.17, 15) is 18.8 Å². The number of aromatic nitrogens is 1. The van der Waals surface area contributed by atoms with Gasteiger partial charge in [-0.1, -0.05) is 59.4 Å². The molecule has 0 radical (unpaired) electrons. The lowest BCUT2D eigenvalue weighted by Crippen LogP contribution is -2.42. The van der Waals surface area contributed by atoms with E-state index in [4.69, 9.17) is 4.74 Å². The number of nitrogens with zero attached hydrogens (tertiary/aromatic N) is 1. The fraction of sp³-hybridized carbons (Fsp3) is 0.303. The first-order valence-corrected chi connectivity index (χ1v) is 15.9. The molecule has 8 rings (SSSR count). The SMILES string of the molecule is Cc1cccc(COc2ccccc2C2c3sc(=O)[nH]c3SC3C2[C@H]2C[C@@H]3C3C(=O)N(c4ccc(F)cc4)C(=O)C32)c1. The highest BCUT2D eigenvalue weighted by molar-refractivity contribution is 8.00. The molecule has 4 aromatic rings. The van der Waals surface area contributed by atoms with Crippen LogP contribution in [0.25, 0.3) is 0 Å². The summed E-state index contributed by atoms with van der Waals surface area (Å²) in [6.07, 6.45) is 0.800. The van der Waals surface area contributed by atoms with Gasteiger partial charge in [0.15, 0.2) is 0 Å². The molecule has 1 N–H and O–H groups in total. The maximum atomic E-state index is 13.9. The van der Waals surface area contributed by atoms with Crippen molar-refractivity contribution in [3.63, 3.8) is 0 Å². The number of aromatic amines is 1. The molecule has 4 aliphatic rings. The number of H-pyrrole nitrogens is 1. The number of hydrogen-bond acceptors (Lipinski definition) is 6. The van der Waals surface area contributed by atoms with Gasteiger partial charge in [-0.2, -0.15) is 0 Å². The van der Waals surface area contributed by atoms with Gasteiger partial charge in [-0.25, -0.2) is 4.39 Å². The number of amides is 2. The lowest BCUT2D eigenvalue weighted by atomic mass is 9.68. The molecule has 2 bridgehead atoms. The van der Waals surface area contributed by atoms with Gasteiger partial charge in [0.25, 0.3) is 0 Å². The highest BCUT2D eigenvalue weighted by Gasteiger charge is 2.69. The minimum atomic E-state index is -0.422. The Morgan fingerprint density at radius 1 is 0.952 bits per heavy atom. The minimum absolute atomic E-state index is 0.0105. The van der Waals surface area contributed by atoms with Crippen LogP contribution in [0.4, 0.5) is 10.1 Å². The minimum Gasteiger partial charge on any atom is -0.489 e. The van der Waals surface area contributed by atoms with Crippen molar-refractivity contribution in [2.45, 2.75) is 36.1 Å². The molecule has 3 fully saturated rings. The van der Waals surface area contributed by atoms with Crippen molar-refractivity contribution in [1.82, 2.24) is 4.98 Å². The average Bonchev–Trinajstić information content (AvgIpc) is 3.72. The molecule has 2 amide bonds. The fourth-order valence-electron chi connectivity index (χ4n) is 8.04. The number of thiazole rings is 1. The number of halogens is 1. The van der Waals surface area contributed by atoms with E-state index in [-0.39, 0.29) is 45.6 Å². The first-order valence-electron chi connectivity index (χ1n) is 14.2. The summed E-state index contributed by atoms with van der Waals surface area (Å²) in [5.74, 6) is -0.924. The van der Waals surface area contributed by atoms with Crippen LogP contribution in [-0.4, -0.2) is 22.0 Å². The van der Waals surface area contributed by atoms with Gasteiger partial charge in [0.05, 0.1) is 22.5 Å². The molecule has 212 valence electrons. The largest absolute Gasteiger partial charge is 0.489 e. The maximum absolute atomic E-state index is 13.9. The number of ether oxygens (including phenoxy) is 1. The van der Waals surface area contributed by atoms with E-state index in [2.05, 4.69) is 30.1 Å². The third-order valence-electron chi connectivity index (χ3n) is 9.54. The van der Waals surface area contributed by atoms with Crippen molar-refractivity contribution in [3.8, 4) is 5.75 Å². The molecule has 5 unspecified atom stereocenters. The molecule has 2 aliphatic carbocycles. The topological polar surface area (TPSA) is 79.5 Å². The number of para-hydroxylation sites is 1. The molecule has 42 heavy (non-hydrogen) atoms. The Kier molecular flexibility index (Phi) is 5.98. The van der Waals surface area contributed by atoms with E-state index in [0.717, 1.165) is 33.2 Å². The van der Waals surface area contributed by atoms with E-state index in [1.54, 1.807) is 11.8 Å². The van der Waals surface area contributed by atoms with Gasteiger partial charge in [0.1, 0.15) is 18.2 Å². The summed E-state index contributed by atoms with van der Waals surface area (Å²) < 4.78 is 20.1. The van der Waals surface area contributed by atoms with Crippen LogP contribution in [0.3, 0.4) is 0 Å². The molecule has 9 heteroatoms. The van der Waals surface area contributed by atoms with Crippen LogP contribution in [0.2, 0.25) is 0 Å². The van der Waals surface area contributed by atoms with E-state index in [0.29, 0.717) is 12.3 Å². The van der Waals surface area contributed by atoms with Gasteiger partial charge in [-0.05, 0) is 67.0 Å². The molecule has 2 saturated carbocycles. The zero-order valence-corrected chi connectivity index (χ0v) is 24.3. The third kappa shape index (κ3) is 3.86. The van der Waals surface area contributed by atoms with E-state index < -0.39 is 17.7 Å². The zero-order valence-electron chi connectivity index (χ0n) is 22.7. The Morgan fingerprint density at radius 2 is 1.71 bits per heavy atom. The van der Waals surface area contributed by atoms with E-state index >= 15 is 0 Å². The molecule has 3 heterocycles. The summed E-state index contributed by atoms with van der Waals surface area (Å²) >= 11 is 2.90. The van der Waals surface area contributed by atoms with Gasteiger partial charge >= 0.3 is 4.87 Å². The van der Waals surface area contributed by atoms with Crippen LogP contribution in [-0.2, 0) is 16.2 Å².